The zero-order chi connectivity index (χ0) is 21.7. The lowest BCUT2D eigenvalue weighted by atomic mass is 10.1. The van der Waals surface area contributed by atoms with Gasteiger partial charge >= 0.3 is 0 Å². The van der Waals surface area contributed by atoms with Crippen LogP contribution < -0.4 is 9.46 Å². The molecule has 0 aromatic heterocycles. The van der Waals surface area contributed by atoms with Crippen LogP contribution in [0, 0.1) is 0 Å². The highest BCUT2D eigenvalue weighted by Gasteiger charge is 2.33. The summed E-state index contributed by atoms with van der Waals surface area (Å²) in [5.41, 5.74) is 0. The molecule has 3 atom stereocenters. The summed E-state index contributed by atoms with van der Waals surface area (Å²) in [4.78, 5) is 16.5. The largest absolute Gasteiger partial charge is 0.495 e. The smallest absolute Gasteiger partial charge is 0.244 e. The molecule has 0 bridgehead atoms. The monoisotopic (exact) mass is 439 g/mol. The van der Waals surface area contributed by atoms with Crippen LogP contribution in [0.3, 0.4) is 0 Å². The Kier molecular flexibility index (Phi) is 7.48. The summed E-state index contributed by atoms with van der Waals surface area (Å²) in [5.74, 6) is 0.212. The number of piperazine rings is 1. The predicted molar refractivity (Wildman–Crippen MR) is 111 cm³/mol. The molecule has 3 rings (SSSR count). The molecule has 9 nitrogen and oxygen atoms in total. The van der Waals surface area contributed by atoms with Crippen molar-refractivity contribution in [3.05, 3.63) is 36.4 Å². The predicted octanol–water partition coefficient (Wildman–Crippen LogP) is -0.178. The minimum atomic E-state index is -3.91. The van der Waals surface area contributed by atoms with Gasteiger partial charge in [0.25, 0.3) is 0 Å². The minimum absolute atomic E-state index is 0.00459. The van der Waals surface area contributed by atoms with E-state index in [4.69, 9.17) is 9.47 Å². The van der Waals surface area contributed by atoms with Crippen molar-refractivity contribution >= 4 is 15.9 Å². The fourth-order valence-corrected chi connectivity index (χ4v) is 4.94. The van der Waals surface area contributed by atoms with Crippen molar-refractivity contribution in [2.75, 3.05) is 46.9 Å². The van der Waals surface area contributed by atoms with Gasteiger partial charge in [0.2, 0.25) is 15.9 Å². The molecule has 166 valence electrons. The molecule has 2 aliphatic heterocycles. The summed E-state index contributed by atoms with van der Waals surface area (Å²) in [6.07, 6.45) is 2.16. The number of sulfonamides is 1. The van der Waals surface area contributed by atoms with Crippen molar-refractivity contribution in [1.82, 2.24) is 14.5 Å². The lowest BCUT2D eigenvalue weighted by Crippen LogP contribution is -2.50. The average Bonchev–Trinajstić information content (AvgIpc) is 2.75. The maximum atomic E-state index is 12.8. The van der Waals surface area contributed by atoms with Crippen LogP contribution in [-0.2, 0) is 19.6 Å². The Morgan fingerprint density at radius 1 is 1.23 bits per heavy atom. The zero-order valence-electron chi connectivity index (χ0n) is 17.2. The fraction of sp³-hybridized carbons (Fsp3) is 0.550. The summed E-state index contributed by atoms with van der Waals surface area (Å²) >= 11 is 0. The lowest BCUT2D eigenvalue weighted by molar-refractivity contribution is -0.136. The third kappa shape index (κ3) is 5.38. The van der Waals surface area contributed by atoms with Gasteiger partial charge in [-0.15, -0.1) is 0 Å². The number of para-hydroxylation sites is 1. The van der Waals surface area contributed by atoms with E-state index < -0.39 is 28.3 Å². The van der Waals surface area contributed by atoms with Gasteiger partial charge in [-0.1, -0.05) is 24.3 Å². The number of methoxy groups -OCH3 is 1. The summed E-state index contributed by atoms with van der Waals surface area (Å²) < 4.78 is 39.1. The number of carbonyl (C=O) groups is 1. The van der Waals surface area contributed by atoms with Crippen LogP contribution >= 0.6 is 0 Å². The number of nitrogens with zero attached hydrogens (tertiary/aromatic N) is 2. The number of ether oxygens (including phenoxy) is 2. The van der Waals surface area contributed by atoms with Gasteiger partial charge in [-0.25, -0.2) is 13.1 Å². The molecule has 1 amide bonds. The first-order valence-electron chi connectivity index (χ1n) is 9.90. The van der Waals surface area contributed by atoms with E-state index in [0.717, 1.165) is 13.1 Å². The summed E-state index contributed by atoms with van der Waals surface area (Å²) in [6.45, 7) is 2.63. The van der Waals surface area contributed by atoms with E-state index in [1.165, 1.54) is 13.2 Å². The molecule has 30 heavy (non-hydrogen) atoms. The van der Waals surface area contributed by atoms with E-state index in [9.17, 15) is 18.3 Å². The van der Waals surface area contributed by atoms with Crippen LogP contribution in [0.2, 0.25) is 0 Å². The van der Waals surface area contributed by atoms with Gasteiger partial charge in [-0.3, -0.25) is 4.79 Å². The van der Waals surface area contributed by atoms with Gasteiger partial charge in [-0.05, 0) is 19.2 Å². The molecular weight excluding hydrogens is 410 g/mol. The second-order valence-electron chi connectivity index (χ2n) is 7.47. The summed E-state index contributed by atoms with van der Waals surface area (Å²) in [7, 11) is -0.486. The molecule has 1 fully saturated rings. The lowest BCUT2D eigenvalue weighted by Gasteiger charge is -2.35. The van der Waals surface area contributed by atoms with Crippen LogP contribution in [0.15, 0.2) is 41.3 Å². The van der Waals surface area contributed by atoms with Crippen LogP contribution in [0.4, 0.5) is 0 Å². The first-order valence-corrected chi connectivity index (χ1v) is 11.4. The maximum Gasteiger partial charge on any atom is 0.244 e. The molecule has 0 radical (unpaired) electrons. The molecule has 0 aliphatic carbocycles. The van der Waals surface area contributed by atoms with E-state index >= 15 is 0 Å². The van der Waals surface area contributed by atoms with Crippen molar-refractivity contribution in [3.63, 3.8) is 0 Å². The second-order valence-corrected chi connectivity index (χ2v) is 9.15. The van der Waals surface area contributed by atoms with E-state index in [2.05, 4.69) is 9.62 Å². The number of amides is 1. The fourth-order valence-electron chi connectivity index (χ4n) is 3.55. The number of hydrogen-bond acceptors (Lipinski definition) is 7. The quantitative estimate of drug-likeness (QED) is 0.568. The molecular formula is C20H29N3O6S. The number of hydrogen-bond donors (Lipinski definition) is 2. The number of aliphatic hydroxyl groups is 1. The maximum absolute atomic E-state index is 12.8. The van der Waals surface area contributed by atoms with Gasteiger partial charge < -0.3 is 24.4 Å². The number of nitrogens with one attached hydrogen (secondary N) is 1. The Bertz CT molecular complexity index is 867. The van der Waals surface area contributed by atoms with Crippen molar-refractivity contribution in [3.8, 4) is 5.75 Å². The molecule has 2 N–H and O–H groups in total. The molecule has 2 heterocycles. The number of rotatable bonds is 7. The number of aliphatic hydroxyl groups excluding tert-OH is 1. The van der Waals surface area contributed by atoms with Gasteiger partial charge in [0, 0.05) is 26.2 Å². The van der Waals surface area contributed by atoms with Crippen molar-refractivity contribution in [2.24, 2.45) is 0 Å². The molecule has 10 heteroatoms. The SMILES string of the molecule is COc1ccccc1S(=O)(=O)N[C@@H]1C=C[C@H](CC(=O)N2CCN(C)CC2)O[C@@H]1CO. The average molecular weight is 440 g/mol. The van der Waals surface area contributed by atoms with E-state index in [-0.39, 0.29) is 29.6 Å². The highest BCUT2D eigenvalue weighted by molar-refractivity contribution is 7.89. The number of likely N-dealkylation sites (N-methyl/N-ethyl adjacent to an activating group) is 1. The summed E-state index contributed by atoms with van der Waals surface area (Å²) in [6, 6.07) is 5.53. The van der Waals surface area contributed by atoms with Crippen molar-refractivity contribution in [2.45, 2.75) is 29.6 Å². The Labute approximate surface area is 177 Å². The van der Waals surface area contributed by atoms with Crippen molar-refractivity contribution in [1.29, 1.82) is 0 Å². The highest BCUT2D eigenvalue weighted by Crippen LogP contribution is 2.24. The van der Waals surface area contributed by atoms with Crippen LogP contribution in [-0.4, -0.2) is 94.4 Å². The standard InChI is InChI=1S/C20H29N3O6S/c1-22-9-11-23(12-10-22)20(25)13-15-7-8-16(18(14-24)29-15)21-30(26,27)19-6-4-3-5-17(19)28-2/h3-8,15-16,18,21,24H,9-14H2,1-2H3/t15-,16-,18-/m1/s1. The molecule has 2 aliphatic rings. The second kappa shape index (κ2) is 9.88. The van der Waals surface area contributed by atoms with Gasteiger partial charge in [0.15, 0.2) is 0 Å². The van der Waals surface area contributed by atoms with Gasteiger partial charge in [0.1, 0.15) is 16.7 Å². The Balaban J connectivity index is 1.65. The molecule has 1 aromatic rings. The first-order chi connectivity index (χ1) is 14.3. The third-order valence-electron chi connectivity index (χ3n) is 5.34. The van der Waals surface area contributed by atoms with Gasteiger partial charge in [0.05, 0.1) is 32.3 Å². The topological polar surface area (TPSA) is 108 Å². The van der Waals surface area contributed by atoms with Crippen LogP contribution in [0.5, 0.6) is 5.75 Å². The van der Waals surface area contributed by atoms with E-state index in [1.807, 2.05) is 11.9 Å². The van der Waals surface area contributed by atoms with E-state index in [0.29, 0.717) is 13.1 Å². The Morgan fingerprint density at radius 2 is 1.93 bits per heavy atom. The third-order valence-corrected chi connectivity index (χ3v) is 6.84. The molecule has 0 spiro atoms. The Hall–Kier alpha value is -1.98. The minimum Gasteiger partial charge on any atom is -0.495 e. The van der Waals surface area contributed by atoms with Gasteiger partial charge in [-0.2, -0.15) is 0 Å². The Morgan fingerprint density at radius 3 is 2.60 bits per heavy atom. The number of carbonyl (C=O) groups excluding carboxylic acids is 1. The molecule has 0 saturated carbocycles. The van der Waals surface area contributed by atoms with E-state index in [1.54, 1.807) is 30.4 Å². The first kappa shape index (κ1) is 22.7. The summed E-state index contributed by atoms with van der Waals surface area (Å²) in [5, 5.41) is 9.74. The van der Waals surface area contributed by atoms with Crippen molar-refractivity contribution < 1.29 is 27.8 Å². The molecule has 0 unspecified atom stereocenters. The molecule has 1 saturated heterocycles. The van der Waals surface area contributed by atoms with Crippen LogP contribution in [0.1, 0.15) is 6.42 Å². The highest BCUT2D eigenvalue weighted by atomic mass is 32.2. The van der Waals surface area contributed by atoms with Crippen LogP contribution in [0.25, 0.3) is 0 Å². The molecule has 1 aromatic carbocycles. The normalized spacial score (nSPS) is 25.3. The zero-order valence-corrected chi connectivity index (χ0v) is 18.0. The number of benzene rings is 1.